The Bertz CT molecular complexity index is 316. The van der Waals surface area contributed by atoms with Gasteiger partial charge >= 0.3 is 0 Å². The molecular formula is C15H29N3O2. The first kappa shape index (κ1) is 15.7. The molecule has 0 unspecified atom stereocenters. The summed E-state index contributed by atoms with van der Waals surface area (Å²) in [5.41, 5.74) is 0.109. The van der Waals surface area contributed by atoms with Crippen LogP contribution in [0.15, 0.2) is 0 Å². The summed E-state index contributed by atoms with van der Waals surface area (Å²) in [5.74, 6) is 0.198. The number of nitrogens with zero attached hydrogens (tertiary/aromatic N) is 2. The monoisotopic (exact) mass is 283 g/mol. The van der Waals surface area contributed by atoms with Crippen molar-refractivity contribution in [3.63, 3.8) is 0 Å². The largest absolute Gasteiger partial charge is 0.377 e. The molecule has 5 nitrogen and oxygen atoms in total. The third-order valence-electron chi connectivity index (χ3n) is 4.86. The van der Waals surface area contributed by atoms with Gasteiger partial charge in [0.25, 0.3) is 0 Å². The zero-order chi connectivity index (χ0) is 14.6. The van der Waals surface area contributed by atoms with E-state index < -0.39 is 0 Å². The molecule has 20 heavy (non-hydrogen) atoms. The minimum Gasteiger partial charge on any atom is -0.377 e. The summed E-state index contributed by atoms with van der Waals surface area (Å²) in [7, 11) is 5.47. The van der Waals surface area contributed by atoms with Crippen molar-refractivity contribution >= 4 is 5.91 Å². The van der Waals surface area contributed by atoms with Crippen LogP contribution in [0.25, 0.3) is 0 Å². The second-order valence-corrected chi connectivity index (χ2v) is 6.46. The Morgan fingerprint density at radius 3 is 2.45 bits per heavy atom. The minimum atomic E-state index is 0.109. The van der Waals surface area contributed by atoms with Gasteiger partial charge in [-0.05, 0) is 32.1 Å². The molecule has 1 saturated heterocycles. The molecule has 0 aromatic carbocycles. The van der Waals surface area contributed by atoms with Gasteiger partial charge in [0.05, 0.1) is 12.1 Å². The molecule has 5 heteroatoms. The maximum Gasteiger partial charge on any atom is 0.236 e. The molecule has 0 aromatic heterocycles. The van der Waals surface area contributed by atoms with Gasteiger partial charge in [-0.1, -0.05) is 0 Å². The number of hydrogen-bond acceptors (Lipinski definition) is 4. The van der Waals surface area contributed by atoms with E-state index in [9.17, 15) is 4.79 Å². The number of amides is 1. The lowest BCUT2D eigenvalue weighted by atomic mass is 9.79. The van der Waals surface area contributed by atoms with Crippen molar-refractivity contribution in [2.24, 2.45) is 0 Å². The van der Waals surface area contributed by atoms with Gasteiger partial charge in [-0.2, -0.15) is 0 Å². The van der Waals surface area contributed by atoms with Crippen LogP contribution in [-0.4, -0.2) is 74.7 Å². The van der Waals surface area contributed by atoms with E-state index >= 15 is 0 Å². The topological polar surface area (TPSA) is 44.8 Å². The molecule has 0 radical (unpaired) electrons. The van der Waals surface area contributed by atoms with Crippen molar-refractivity contribution in [1.82, 2.24) is 15.1 Å². The van der Waals surface area contributed by atoms with Gasteiger partial charge < -0.3 is 15.0 Å². The van der Waals surface area contributed by atoms with Gasteiger partial charge in [0.1, 0.15) is 0 Å². The summed E-state index contributed by atoms with van der Waals surface area (Å²) in [6, 6.07) is 0.577. The molecule has 1 N–H and O–H groups in total. The Balaban J connectivity index is 1.65. The fourth-order valence-electron chi connectivity index (χ4n) is 2.98. The molecule has 0 atom stereocenters. The normalized spacial score (nSPS) is 23.4. The average Bonchev–Trinajstić information content (AvgIpc) is 2.39. The summed E-state index contributed by atoms with van der Waals surface area (Å²) >= 11 is 0. The number of methoxy groups -OCH3 is 1. The van der Waals surface area contributed by atoms with Crippen LogP contribution in [0.4, 0.5) is 0 Å². The Hall–Kier alpha value is -0.650. The van der Waals surface area contributed by atoms with Crippen LogP contribution in [0.2, 0.25) is 0 Å². The van der Waals surface area contributed by atoms with Crippen LogP contribution in [-0.2, 0) is 9.53 Å². The summed E-state index contributed by atoms with van der Waals surface area (Å²) in [4.78, 5) is 15.6. The van der Waals surface area contributed by atoms with E-state index in [4.69, 9.17) is 4.74 Å². The van der Waals surface area contributed by atoms with E-state index in [1.54, 1.807) is 4.90 Å². The second-order valence-electron chi connectivity index (χ2n) is 6.46. The first-order valence-electron chi connectivity index (χ1n) is 7.76. The number of piperidine rings is 1. The van der Waals surface area contributed by atoms with E-state index in [1.807, 2.05) is 21.2 Å². The fraction of sp³-hybridized carbons (Fsp3) is 0.933. The van der Waals surface area contributed by atoms with E-state index in [2.05, 4.69) is 10.2 Å². The van der Waals surface area contributed by atoms with Gasteiger partial charge in [-0.15, -0.1) is 0 Å². The van der Waals surface area contributed by atoms with Gasteiger partial charge in [-0.3, -0.25) is 9.69 Å². The molecule has 2 aliphatic rings. The Morgan fingerprint density at radius 2 is 2.00 bits per heavy atom. The highest BCUT2D eigenvalue weighted by molar-refractivity contribution is 5.77. The first-order chi connectivity index (χ1) is 9.54. The molecule has 1 amide bonds. The highest BCUT2D eigenvalue weighted by Crippen LogP contribution is 2.34. The average molecular weight is 283 g/mol. The number of rotatable bonds is 6. The maximum atomic E-state index is 11.7. The molecule has 1 aliphatic heterocycles. The van der Waals surface area contributed by atoms with E-state index in [0.717, 1.165) is 32.5 Å². The van der Waals surface area contributed by atoms with Crippen LogP contribution in [0.5, 0.6) is 0 Å². The Morgan fingerprint density at radius 1 is 1.35 bits per heavy atom. The zero-order valence-electron chi connectivity index (χ0n) is 13.2. The number of likely N-dealkylation sites (tertiary alicyclic amines) is 1. The SMILES string of the molecule is COC1(CNC2CCN(CC(=O)N(C)C)CC2)CCC1. The number of carbonyl (C=O) groups excluding carboxylic acids is 1. The van der Waals surface area contributed by atoms with Crippen LogP contribution in [0.3, 0.4) is 0 Å². The zero-order valence-corrected chi connectivity index (χ0v) is 13.2. The van der Waals surface area contributed by atoms with Gasteiger partial charge in [0.2, 0.25) is 5.91 Å². The predicted octanol–water partition coefficient (Wildman–Crippen LogP) is 0.698. The fourth-order valence-corrected chi connectivity index (χ4v) is 2.98. The van der Waals surface area contributed by atoms with Crippen LogP contribution in [0, 0.1) is 0 Å². The van der Waals surface area contributed by atoms with E-state index in [-0.39, 0.29) is 11.5 Å². The van der Waals surface area contributed by atoms with Crippen molar-refractivity contribution in [2.45, 2.75) is 43.7 Å². The molecule has 0 spiro atoms. The summed E-state index contributed by atoms with van der Waals surface area (Å²) in [6.07, 6.45) is 5.92. The molecule has 1 heterocycles. The highest BCUT2D eigenvalue weighted by atomic mass is 16.5. The maximum absolute atomic E-state index is 11.7. The van der Waals surface area contributed by atoms with Gasteiger partial charge in [0.15, 0.2) is 0 Å². The Kier molecular flexibility index (Phi) is 5.41. The number of nitrogens with one attached hydrogen (secondary N) is 1. The van der Waals surface area contributed by atoms with Crippen molar-refractivity contribution in [3.8, 4) is 0 Å². The van der Waals surface area contributed by atoms with Crippen molar-refractivity contribution in [3.05, 3.63) is 0 Å². The molecule has 1 saturated carbocycles. The molecular weight excluding hydrogens is 254 g/mol. The van der Waals surface area contributed by atoms with E-state index in [1.165, 1.54) is 19.3 Å². The molecule has 0 bridgehead atoms. The molecule has 116 valence electrons. The molecule has 2 rings (SSSR count). The van der Waals surface area contributed by atoms with Crippen molar-refractivity contribution in [1.29, 1.82) is 0 Å². The molecule has 0 aromatic rings. The van der Waals surface area contributed by atoms with Crippen LogP contribution < -0.4 is 5.32 Å². The predicted molar refractivity (Wildman–Crippen MR) is 79.7 cm³/mol. The smallest absolute Gasteiger partial charge is 0.236 e. The lowest BCUT2D eigenvalue weighted by Crippen LogP contribution is -2.53. The lowest BCUT2D eigenvalue weighted by Gasteiger charge is -2.42. The standard InChI is InChI=1S/C15H29N3O2/c1-17(2)14(19)11-18-9-5-13(6-10-18)16-12-15(20-3)7-4-8-15/h13,16H,4-12H2,1-3H3. The molecule has 1 aliphatic carbocycles. The summed E-state index contributed by atoms with van der Waals surface area (Å²) in [5, 5.41) is 3.66. The van der Waals surface area contributed by atoms with Gasteiger partial charge in [0, 0.05) is 46.9 Å². The minimum absolute atomic E-state index is 0.109. The quantitative estimate of drug-likeness (QED) is 0.779. The highest BCUT2D eigenvalue weighted by Gasteiger charge is 2.37. The third kappa shape index (κ3) is 3.93. The summed E-state index contributed by atoms with van der Waals surface area (Å²) in [6.45, 7) is 3.56. The van der Waals surface area contributed by atoms with Crippen molar-refractivity contribution < 1.29 is 9.53 Å². The number of hydrogen-bond donors (Lipinski definition) is 1. The molecule has 2 fully saturated rings. The van der Waals surface area contributed by atoms with E-state index in [0.29, 0.717) is 12.6 Å². The third-order valence-corrected chi connectivity index (χ3v) is 4.86. The van der Waals surface area contributed by atoms with Crippen LogP contribution in [0.1, 0.15) is 32.1 Å². The van der Waals surface area contributed by atoms with Crippen LogP contribution >= 0.6 is 0 Å². The Labute approximate surface area is 122 Å². The van der Waals surface area contributed by atoms with Crippen molar-refractivity contribution in [2.75, 3.05) is 47.4 Å². The second kappa shape index (κ2) is 6.87. The number of carbonyl (C=O) groups is 1. The lowest BCUT2D eigenvalue weighted by molar-refractivity contribution is -0.130. The van der Waals surface area contributed by atoms with Gasteiger partial charge in [-0.25, -0.2) is 0 Å². The first-order valence-corrected chi connectivity index (χ1v) is 7.76. The summed E-state index contributed by atoms with van der Waals surface area (Å²) < 4.78 is 5.64. The number of ether oxygens (including phenoxy) is 1. The number of likely N-dealkylation sites (N-methyl/N-ethyl adjacent to an activating group) is 1.